The van der Waals surface area contributed by atoms with Gasteiger partial charge in [-0.3, -0.25) is 4.79 Å². The molecule has 1 amide bonds. The summed E-state index contributed by atoms with van der Waals surface area (Å²) in [7, 11) is 0. The van der Waals surface area contributed by atoms with Gasteiger partial charge in [0.1, 0.15) is 0 Å². The van der Waals surface area contributed by atoms with Crippen molar-refractivity contribution in [1.29, 1.82) is 0 Å². The lowest BCUT2D eigenvalue weighted by atomic mass is 9.85. The van der Waals surface area contributed by atoms with Crippen LogP contribution in [0.25, 0.3) is 0 Å². The van der Waals surface area contributed by atoms with Crippen LogP contribution in [0.3, 0.4) is 0 Å². The Bertz CT molecular complexity index is 241. The highest BCUT2D eigenvalue weighted by Gasteiger charge is 2.35. The van der Waals surface area contributed by atoms with Crippen LogP contribution < -0.4 is 11.1 Å². The zero-order valence-corrected chi connectivity index (χ0v) is 10.1. The van der Waals surface area contributed by atoms with Gasteiger partial charge in [0.2, 0.25) is 5.91 Å². The zero-order valence-electron chi connectivity index (χ0n) is 10.1. The number of nitrogens with two attached hydrogens (primary N) is 1. The van der Waals surface area contributed by atoms with Crippen molar-refractivity contribution in [3.05, 3.63) is 0 Å². The van der Waals surface area contributed by atoms with Crippen molar-refractivity contribution >= 4 is 5.91 Å². The van der Waals surface area contributed by atoms with E-state index in [0.29, 0.717) is 6.54 Å². The molecule has 0 aliphatic carbocycles. The molecule has 1 heterocycles. The van der Waals surface area contributed by atoms with Gasteiger partial charge < -0.3 is 15.8 Å². The number of nitrogens with one attached hydrogen (secondary N) is 1. The number of amides is 1. The Morgan fingerprint density at radius 1 is 1.53 bits per heavy atom. The SMILES string of the molecule is CC1(CNC(=O)[C@H](N)C(C)(C)C)COC1. The van der Waals surface area contributed by atoms with Gasteiger partial charge >= 0.3 is 0 Å². The summed E-state index contributed by atoms with van der Waals surface area (Å²) < 4.78 is 5.12. The Kier molecular flexibility index (Phi) is 3.41. The third-order valence-electron chi connectivity index (χ3n) is 2.81. The second-order valence-electron chi connectivity index (χ2n) is 5.86. The lowest BCUT2D eigenvalue weighted by Crippen LogP contribution is -2.54. The van der Waals surface area contributed by atoms with Crippen molar-refractivity contribution in [2.24, 2.45) is 16.6 Å². The van der Waals surface area contributed by atoms with E-state index in [-0.39, 0.29) is 16.7 Å². The topological polar surface area (TPSA) is 64.4 Å². The van der Waals surface area contributed by atoms with Gasteiger partial charge in [0.25, 0.3) is 0 Å². The summed E-state index contributed by atoms with van der Waals surface area (Å²) in [5, 5.41) is 2.89. The Morgan fingerprint density at radius 2 is 2.07 bits per heavy atom. The Morgan fingerprint density at radius 3 is 2.40 bits per heavy atom. The van der Waals surface area contributed by atoms with Crippen LogP contribution >= 0.6 is 0 Å². The summed E-state index contributed by atoms with van der Waals surface area (Å²) in [6, 6.07) is -0.456. The monoisotopic (exact) mass is 214 g/mol. The molecule has 0 saturated carbocycles. The quantitative estimate of drug-likeness (QED) is 0.719. The van der Waals surface area contributed by atoms with Crippen molar-refractivity contribution < 1.29 is 9.53 Å². The number of carbonyl (C=O) groups is 1. The van der Waals surface area contributed by atoms with Crippen molar-refractivity contribution in [2.75, 3.05) is 19.8 Å². The summed E-state index contributed by atoms with van der Waals surface area (Å²) in [5.41, 5.74) is 5.75. The van der Waals surface area contributed by atoms with Gasteiger partial charge in [0.05, 0.1) is 19.3 Å². The Balaban J connectivity index is 2.36. The van der Waals surface area contributed by atoms with E-state index in [0.717, 1.165) is 13.2 Å². The molecule has 0 aromatic rings. The van der Waals surface area contributed by atoms with Crippen molar-refractivity contribution in [3.8, 4) is 0 Å². The van der Waals surface area contributed by atoms with Gasteiger partial charge in [-0.25, -0.2) is 0 Å². The second-order valence-corrected chi connectivity index (χ2v) is 5.86. The largest absolute Gasteiger partial charge is 0.380 e. The molecule has 1 aliphatic heterocycles. The summed E-state index contributed by atoms with van der Waals surface area (Å²) in [4.78, 5) is 11.7. The molecule has 1 atom stereocenters. The van der Waals surface area contributed by atoms with Crippen LogP contribution in [0.1, 0.15) is 27.7 Å². The molecule has 0 radical (unpaired) electrons. The molecule has 1 aliphatic rings. The smallest absolute Gasteiger partial charge is 0.237 e. The summed E-state index contributed by atoms with van der Waals surface area (Å²) in [5.74, 6) is -0.0735. The Hall–Kier alpha value is -0.610. The summed E-state index contributed by atoms with van der Waals surface area (Å²) in [6.45, 7) is 10.1. The first-order valence-electron chi connectivity index (χ1n) is 5.36. The van der Waals surface area contributed by atoms with E-state index < -0.39 is 6.04 Å². The van der Waals surface area contributed by atoms with Gasteiger partial charge in [0.15, 0.2) is 0 Å². The first-order valence-corrected chi connectivity index (χ1v) is 5.36. The van der Waals surface area contributed by atoms with Crippen LogP contribution in [-0.2, 0) is 9.53 Å². The van der Waals surface area contributed by atoms with E-state index in [9.17, 15) is 4.79 Å². The fourth-order valence-electron chi connectivity index (χ4n) is 1.36. The predicted octanol–water partition coefficient (Wildman–Crippen LogP) is 0.513. The average molecular weight is 214 g/mol. The van der Waals surface area contributed by atoms with Gasteiger partial charge in [-0.1, -0.05) is 27.7 Å². The van der Waals surface area contributed by atoms with Gasteiger partial charge in [0, 0.05) is 12.0 Å². The minimum absolute atomic E-state index is 0.0735. The van der Waals surface area contributed by atoms with Crippen LogP contribution in [0.15, 0.2) is 0 Å². The Labute approximate surface area is 91.5 Å². The van der Waals surface area contributed by atoms with Gasteiger partial charge in [-0.15, -0.1) is 0 Å². The maximum Gasteiger partial charge on any atom is 0.237 e. The molecule has 1 fully saturated rings. The first kappa shape index (κ1) is 12.5. The number of hydrogen-bond acceptors (Lipinski definition) is 3. The van der Waals surface area contributed by atoms with E-state index in [2.05, 4.69) is 12.2 Å². The van der Waals surface area contributed by atoms with E-state index in [1.165, 1.54) is 0 Å². The molecule has 0 bridgehead atoms. The molecule has 0 spiro atoms. The van der Waals surface area contributed by atoms with Gasteiger partial charge in [-0.2, -0.15) is 0 Å². The predicted molar refractivity (Wildman–Crippen MR) is 59.4 cm³/mol. The number of ether oxygens (including phenoxy) is 1. The number of rotatable bonds is 3. The van der Waals surface area contributed by atoms with Crippen molar-refractivity contribution in [1.82, 2.24) is 5.32 Å². The summed E-state index contributed by atoms with van der Waals surface area (Å²) in [6.07, 6.45) is 0. The third kappa shape index (κ3) is 3.18. The molecule has 1 rings (SSSR count). The van der Waals surface area contributed by atoms with Crippen LogP contribution in [0.4, 0.5) is 0 Å². The van der Waals surface area contributed by atoms with Crippen molar-refractivity contribution in [2.45, 2.75) is 33.7 Å². The molecule has 3 N–H and O–H groups in total. The molecule has 88 valence electrons. The molecular weight excluding hydrogens is 192 g/mol. The maximum atomic E-state index is 11.7. The van der Waals surface area contributed by atoms with E-state index >= 15 is 0 Å². The lowest BCUT2D eigenvalue weighted by molar-refractivity contribution is -0.129. The first-order chi connectivity index (χ1) is 6.75. The molecule has 15 heavy (non-hydrogen) atoms. The molecule has 0 aromatic heterocycles. The molecule has 4 heteroatoms. The lowest BCUT2D eigenvalue weighted by Gasteiger charge is -2.38. The molecule has 0 aromatic carbocycles. The third-order valence-corrected chi connectivity index (χ3v) is 2.81. The average Bonchev–Trinajstić information content (AvgIpc) is 2.08. The van der Waals surface area contributed by atoms with E-state index in [1.807, 2.05) is 20.8 Å². The highest BCUT2D eigenvalue weighted by molar-refractivity contribution is 5.82. The summed E-state index contributed by atoms with van der Waals surface area (Å²) >= 11 is 0. The van der Waals surface area contributed by atoms with Gasteiger partial charge in [-0.05, 0) is 5.41 Å². The van der Waals surface area contributed by atoms with Crippen LogP contribution in [0, 0.1) is 10.8 Å². The highest BCUT2D eigenvalue weighted by Crippen LogP contribution is 2.25. The zero-order chi connectivity index (χ0) is 11.7. The van der Waals surface area contributed by atoms with E-state index in [4.69, 9.17) is 10.5 Å². The standard InChI is InChI=1S/C11H22N2O2/c1-10(2,3)8(12)9(14)13-5-11(4)6-15-7-11/h8H,5-7,12H2,1-4H3,(H,13,14)/t8-/m0/s1. The minimum Gasteiger partial charge on any atom is -0.380 e. The van der Waals surface area contributed by atoms with Crippen molar-refractivity contribution in [3.63, 3.8) is 0 Å². The maximum absolute atomic E-state index is 11.7. The molecule has 1 saturated heterocycles. The van der Waals surface area contributed by atoms with E-state index in [1.54, 1.807) is 0 Å². The normalized spacial score (nSPS) is 21.7. The van der Waals surface area contributed by atoms with Crippen LogP contribution in [-0.4, -0.2) is 31.7 Å². The fraction of sp³-hybridized carbons (Fsp3) is 0.909. The molecule has 4 nitrogen and oxygen atoms in total. The molecule has 0 unspecified atom stereocenters. The van der Waals surface area contributed by atoms with Crippen LogP contribution in [0.2, 0.25) is 0 Å². The highest BCUT2D eigenvalue weighted by atomic mass is 16.5. The minimum atomic E-state index is -0.456. The second kappa shape index (κ2) is 4.10. The number of carbonyl (C=O) groups excluding carboxylic acids is 1. The molecular formula is C11H22N2O2. The van der Waals surface area contributed by atoms with Crippen LogP contribution in [0.5, 0.6) is 0 Å². The number of hydrogen-bond donors (Lipinski definition) is 2. The fourth-order valence-corrected chi connectivity index (χ4v) is 1.36.